The maximum Gasteiger partial charge on any atom is 0.190 e. The summed E-state index contributed by atoms with van der Waals surface area (Å²) in [5, 5.41) is 14.2. The summed E-state index contributed by atoms with van der Waals surface area (Å²) in [7, 11) is 0. The van der Waals surface area contributed by atoms with E-state index < -0.39 is 0 Å². The van der Waals surface area contributed by atoms with Gasteiger partial charge in [0.1, 0.15) is 11.0 Å². The van der Waals surface area contributed by atoms with Gasteiger partial charge >= 0.3 is 0 Å². The summed E-state index contributed by atoms with van der Waals surface area (Å²) >= 11 is 7.33. The number of nitrogens with zero attached hydrogens (tertiary/aromatic N) is 2. The SMILES string of the molecule is CCC(CC)C(O)CNc1cc(Cl)nc(SC)n1. The minimum Gasteiger partial charge on any atom is -0.391 e. The molecular weight excluding hydrogens is 270 g/mol. The van der Waals surface area contributed by atoms with Gasteiger partial charge in [-0.25, -0.2) is 9.97 Å². The summed E-state index contributed by atoms with van der Waals surface area (Å²) in [6.07, 6.45) is 3.47. The molecule has 0 spiro atoms. The topological polar surface area (TPSA) is 58.0 Å². The minimum absolute atomic E-state index is 0.315. The second kappa shape index (κ2) is 7.81. The molecule has 0 aromatic carbocycles. The van der Waals surface area contributed by atoms with Crippen molar-refractivity contribution in [3.8, 4) is 0 Å². The van der Waals surface area contributed by atoms with E-state index in [1.54, 1.807) is 6.07 Å². The fourth-order valence-electron chi connectivity index (χ4n) is 1.79. The van der Waals surface area contributed by atoms with E-state index in [0.29, 0.717) is 28.6 Å². The van der Waals surface area contributed by atoms with Crippen molar-refractivity contribution < 1.29 is 5.11 Å². The maximum atomic E-state index is 10.0. The van der Waals surface area contributed by atoms with Gasteiger partial charge in [-0.1, -0.05) is 50.1 Å². The van der Waals surface area contributed by atoms with Crippen molar-refractivity contribution >= 4 is 29.2 Å². The molecule has 1 unspecified atom stereocenters. The monoisotopic (exact) mass is 289 g/mol. The Morgan fingerprint density at radius 1 is 1.39 bits per heavy atom. The summed E-state index contributed by atoms with van der Waals surface area (Å²) in [4.78, 5) is 8.34. The van der Waals surface area contributed by atoms with E-state index in [0.717, 1.165) is 12.8 Å². The lowest BCUT2D eigenvalue weighted by molar-refractivity contribution is 0.114. The number of rotatable bonds is 7. The molecule has 1 heterocycles. The Morgan fingerprint density at radius 3 is 2.61 bits per heavy atom. The van der Waals surface area contributed by atoms with Gasteiger partial charge in [-0.05, 0) is 12.2 Å². The first-order chi connectivity index (χ1) is 8.60. The van der Waals surface area contributed by atoms with Crippen molar-refractivity contribution in [3.05, 3.63) is 11.2 Å². The highest BCUT2D eigenvalue weighted by molar-refractivity contribution is 7.98. The van der Waals surface area contributed by atoms with E-state index in [1.165, 1.54) is 11.8 Å². The molecule has 1 atom stereocenters. The molecule has 0 fully saturated rings. The van der Waals surface area contributed by atoms with Crippen LogP contribution in [0, 0.1) is 5.92 Å². The quantitative estimate of drug-likeness (QED) is 0.459. The second-order valence-corrected chi connectivity index (χ2v) is 5.25. The Hall–Kier alpha value is -0.520. The zero-order valence-electron chi connectivity index (χ0n) is 11.0. The van der Waals surface area contributed by atoms with E-state index >= 15 is 0 Å². The third-order valence-corrected chi connectivity index (χ3v) is 3.68. The van der Waals surface area contributed by atoms with Gasteiger partial charge in [0.2, 0.25) is 0 Å². The van der Waals surface area contributed by atoms with Gasteiger partial charge in [-0.3, -0.25) is 0 Å². The first-order valence-corrected chi connectivity index (χ1v) is 7.71. The van der Waals surface area contributed by atoms with E-state index in [4.69, 9.17) is 11.6 Å². The Bertz CT molecular complexity index is 374. The zero-order chi connectivity index (χ0) is 13.5. The third-order valence-electron chi connectivity index (χ3n) is 2.94. The van der Waals surface area contributed by atoms with Gasteiger partial charge in [0.25, 0.3) is 0 Å². The summed E-state index contributed by atoms with van der Waals surface area (Å²) in [6, 6.07) is 1.67. The molecule has 4 nitrogen and oxygen atoms in total. The Balaban J connectivity index is 2.60. The molecule has 102 valence electrons. The van der Waals surface area contributed by atoms with Crippen molar-refractivity contribution in [1.29, 1.82) is 0 Å². The maximum absolute atomic E-state index is 10.0. The Kier molecular flexibility index (Phi) is 6.75. The van der Waals surface area contributed by atoms with Crippen LogP contribution in [0.3, 0.4) is 0 Å². The van der Waals surface area contributed by atoms with E-state index in [9.17, 15) is 5.11 Å². The standard InChI is InChI=1S/C12H20ClN3OS/c1-4-8(5-2)9(17)7-14-11-6-10(13)15-12(16-11)18-3/h6,8-9,17H,4-5,7H2,1-3H3,(H,14,15,16). The Labute approximate surface area is 118 Å². The molecule has 6 heteroatoms. The van der Waals surface area contributed by atoms with Crippen LogP contribution in [0.2, 0.25) is 5.15 Å². The number of aliphatic hydroxyl groups is 1. The van der Waals surface area contributed by atoms with Crippen molar-refractivity contribution in [1.82, 2.24) is 9.97 Å². The second-order valence-electron chi connectivity index (χ2n) is 4.09. The number of anilines is 1. The highest BCUT2D eigenvalue weighted by Gasteiger charge is 2.15. The zero-order valence-corrected chi connectivity index (χ0v) is 12.6. The normalized spacial score (nSPS) is 12.8. The van der Waals surface area contributed by atoms with Gasteiger partial charge in [-0.15, -0.1) is 0 Å². The number of hydrogen-bond acceptors (Lipinski definition) is 5. The molecule has 1 aromatic heterocycles. The van der Waals surface area contributed by atoms with E-state index in [-0.39, 0.29) is 6.10 Å². The predicted molar refractivity (Wildman–Crippen MR) is 77.4 cm³/mol. The summed E-state index contributed by atoms with van der Waals surface area (Å²) in [6.45, 7) is 4.66. The summed E-state index contributed by atoms with van der Waals surface area (Å²) in [5.41, 5.74) is 0. The van der Waals surface area contributed by atoms with Crippen molar-refractivity contribution in [2.75, 3.05) is 18.1 Å². The molecule has 0 bridgehead atoms. The molecule has 0 aliphatic carbocycles. The van der Waals surface area contributed by atoms with Crippen LogP contribution in [0.5, 0.6) is 0 Å². The number of halogens is 1. The lowest BCUT2D eigenvalue weighted by Gasteiger charge is -2.20. The van der Waals surface area contributed by atoms with E-state index in [1.807, 2.05) is 6.26 Å². The fraction of sp³-hybridized carbons (Fsp3) is 0.667. The number of aliphatic hydroxyl groups excluding tert-OH is 1. The molecular formula is C12H20ClN3OS. The first-order valence-electron chi connectivity index (χ1n) is 6.11. The van der Waals surface area contributed by atoms with Crippen LogP contribution in [0.25, 0.3) is 0 Å². The molecule has 1 rings (SSSR count). The average molecular weight is 290 g/mol. The van der Waals surface area contributed by atoms with Crippen LogP contribution in [0.1, 0.15) is 26.7 Å². The largest absolute Gasteiger partial charge is 0.391 e. The van der Waals surface area contributed by atoms with Crippen molar-refractivity contribution in [2.24, 2.45) is 5.92 Å². The molecule has 0 radical (unpaired) electrons. The Morgan fingerprint density at radius 2 is 2.06 bits per heavy atom. The van der Waals surface area contributed by atoms with Crippen LogP contribution in [-0.4, -0.2) is 34.0 Å². The molecule has 18 heavy (non-hydrogen) atoms. The van der Waals surface area contributed by atoms with Gasteiger partial charge in [-0.2, -0.15) is 0 Å². The number of nitrogens with one attached hydrogen (secondary N) is 1. The molecule has 0 saturated carbocycles. The minimum atomic E-state index is -0.369. The predicted octanol–water partition coefficient (Wildman–Crippen LogP) is 3.06. The van der Waals surface area contributed by atoms with Gasteiger partial charge < -0.3 is 10.4 Å². The number of hydrogen-bond donors (Lipinski definition) is 2. The van der Waals surface area contributed by atoms with E-state index in [2.05, 4.69) is 29.1 Å². The lowest BCUT2D eigenvalue weighted by Crippen LogP contribution is -2.28. The average Bonchev–Trinajstić information content (AvgIpc) is 2.37. The van der Waals surface area contributed by atoms with Crippen LogP contribution >= 0.6 is 23.4 Å². The lowest BCUT2D eigenvalue weighted by atomic mass is 9.97. The van der Waals surface area contributed by atoms with Crippen molar-refractivity contribution in [3.63, 3.8) is 0 Å². The van der Waals surface area contributed by atoms with Crippen LogP contribution < -0.4 is 5.32 Å². The number of thioether (sulfide) groups is 1. The molecule has 0 amide bonds. The van der Waals surface area contributed by atoms with Gasteiger partial charge in [0.05, 0.1) is 6.10 Å². The molecule has 0 saturated heterocycles. The smallest absolute Gasteiger partial charge is 0.190 e. The molecule has 0 aliphatic rings. The molecule has 2 N–H and O–H groups in total. The number of aromatic nitrogens is 2. The third kappa shape index (κ3) is 4.63. The highest BCUT2D eigenvalue weighted by atomic mass is 35.5. The fourth-order valence-corrected chi connectivity index (χ4v) is 2.40. The van der Waals surface area contributed by atoms with Gasteiger partial charge in [0.15, 0.2) is 5.16 Å². The van der Waals surface area contributed by atoms with Crippen LogP contribution in [-0.2, 0) is 0 Å². The van der Waals surface area contributed by atoms with Crippen LogP contribution in [0.15, 0.2) is 11.2 Å². The van der Waals surface area contributed by atoms with Gasteiger partial charge in [0, 0.05) is 12.6 Å². The first kappa shape index (κ1) is 15.5. The molecule has 1 aromatic rings. The summed E-state index contributed by atoms with van der Waals surface area (Å²) < 4.78 is 0. The molecule has 0 aliphatic heterocycles. The van der Waals surface area contributed by atoms with Crippen LogP contribution in [0.4, 0.5) is 5.82 Å². The summed E-state index contributed by atoms with van der Waals surface area (Å²) in [5.74, 6) is 0.971. The van der Waals surface area contributed by atoms with Crippen molar-refractivity contribution in [2.45, 2.75) is 37.9 Å². The highest BCUT2D eigenvalue weighted by Crippen LogP contribution is 2.18.